The monoisotopic (exact) mass is 584 g/mol. The number of rotatable bonds is 6. The van der Waals surface area contributed by atoms with E-state index in [9.17, 15) is 14.7 Å². The number of carbonyl (C=O) groups is 2. The number of phenols is 1. The molecule has 1 amide bonds. The van der Waals surface area contributed by atoms with Crippen molar-refractivity contribution in [3.05, 3.63) is 51.0 Å². The fourth-order valence-corrected chi connectivity index (χ4v) is 8.59. The number of benzene rings is 2. The number of ether oxygens (including phenoxy) is 2. The second kappa shape index (κ2) is 9.53. The number of likely N-dealkylation sites (tertiary alicyclic amines) is 1. The van der Waals surface area contributed by atoms with Gasteiger partial charge in [-0.25, -0.2) is 0 Å². The summed E-state index contributed by atoms with van der Waals surface area (Å²) in [6.07, 6.45) is 5.98. The molecule has 2 aliphatic heterocycles. The Morgan fingerprint density at radius 1 is 1.18 bits per heavy atom. The Labute approximate surface area is 244 Å². The summed E-state index contributed by atoms with van der Waals surface area (Å²) in [7, 11) is 1.86. The molecule has 2 aromatic rings. The molecule has 1 saturated heterocycles. The first-order valence-electron chi connectivity index (χ1n) is 14.4. The lowest BCUT2D eigenvalue weighted by molar-refractivity contribution is -0.139. The molecule has 2 saturated carbocycles. The molecule has 5 atom stereocenters. The summed E-state index contributed by atoms with van der Waals surface area (Å²) in [4.78, 5) is 30.1. The Hall–Kier alpha value is -2.48. The van der Waals surface area contributed by atoms with Crippen molar-refractivity contribution in [3.8, 4) is 17.2 Å². The standard InChI is InChI=1S/C31H34Cl2N2O5/c1-16(36)39-26-14-25(37)19-13-24-20-6-8-23(34(2)27(38)12-18-5-7-21(32)22(33)11-18)30-31(20,28(19)29(26)40-30)9-10-35(24)15-17-3-4-17/h5,7,11,14,17,20,23-24,30,37H,3-4,6,8-10,12-13,15H2,1-2H3/t20-,23-,24+,30-,31-/m0/s1. The van der Waals surface area contributed by atoms with E-state index in [1.807, 2.05) is 18.0 Å². The normalized spacial score (nSPS) is 29.9. The van der Waals surface area contributed by atoms with Crippen LogP contribution in [0.4, 0.5) is 0 Å². The first-order valence-corrected chi connectivity index (χ1v) is 15.1. The molecule has 0 unspecified atom stereocenters. The highest BCUT2D eigenvalue weighted by molar-refractivity contribution is 6.42. The van der Waals surface area contributed by atoms with Crippen molar-refractivity contribution in [2.45, 2.75) is 75.5 Å². The highest BCUT2D eigenvalue weighted by Crippen LogP contribution is 2.65. The summed E-state index contributed by atoms with van der Waals surface area (Å²) in [5.41, 5.74) is 2.39. The Morgan fingerprint density at radius 2 is 1.98 bits per heavy atom. The maximum absolute atomic E-state index is 13.6. The van der Waals surface area contributed by atoms with Crippen LogP contribution < -0.4 is 9.47 Å². The lowest BCUT2D eigenvalue weighted by atomic mass is 9.50. The van der Waals surface area contributed by atoms with E-state index >= 15 is 0 Å². The summed E-state index contributed by atoms with van der Waals surface area (Å²) in [6, 6.07) is 7.00. The van der Waals surface area contributed by atoms with Gasteiger partial charge in [0.05, 0.1) is 22.5 Å². The first kappa shape index (κ1) is 26.4. The molecule has 3 aliphatic carbocycles. The van der Waals surface area contributed by atoms with Crippen LogP contribution in [0.5, 0.6) is 17.2 Å². The van der Waals surface area contributed by atoms with Crippen LogP contribution in [0, 0.1) is 11.8 Å². The Kier molecular flexibility index (Phi) is 6.30. The van der Waals surface area contributed by atoms with Crippen LogP contribution in [0.15, 0.2) is 24.3 Å². The number of esters is 1. The van der Waals surface area contributed by atoms with Gasteiger partial charge in [0.15, 0.2) is 11.5 Å². The van der Waals surface area contributed by atoms with Crippen LogP contribution in [-0.4, -0.2) is 65.1 Å². The van der Waals surface area contributed by atoms with Gasteiger partial charge in [0.25, 0.3) is 0 Å². The molecular weight excluding hydrogens is 551 g/mol. The summed E-state index contributed by atoms with van der Waals surface area (Å²) in [5.74, 6) is 1.67. The van der Waals surface area contributed by atoms with Crippen LogP contribution in [-0.2, 0) is 27.8 Å². The quantitative estimate of drug-likeness (QED) is 0.374. The number of aromatic hydroxyl groups is 1. The maximum atomic E-state index is 13.6. The minimum absolute atomic E-state index is 0.0143. The van der Waals surface area contributed by atoms with Gasteiger partial charge in [0.1, 0.15) is 11.9 Å². The van der Waals surface area contributed by atoms with Gasteiger partial charge in [-0.05, 0) is 74.6 Å². The zero-order valence-electron chi connectivity index (χ0n) is 22.8. The van der Waals surface area contributed by atoms with E-state index < -0.39 is 5.97 Å². The molecule has 0 radical (unpaired) electrons. The third-order valence-corrected chi connectivity index (χ3v) is 10.9. The minimum atomic E-state index is -0.457. The SMILES string of the molecule is CC(=O)Oc1cc(O)c2c3c1O[C@H]1[C@@H](N(C)C(=O)Cc4ccc(Cl)c(Cl)c4)CC[C@H]4[C@@H](C2)N(CC2CC2)CC[C@@]341. The second-order valence-electron chi connectivity index (χ2n) is 12.4. The van der Waals surface area contributed by atoms with Crippen LogP contribution in [0.25, 0.3) is 0 Å². The van der Waals surface area contributed by atoms with Gasteiger partial charge in [-0.1, -0.05) is 29.3 Å². The minimum Gasteiger partial charge on any atom is -0.508 e. The number of amides is 1. The molecule has 0 aromatic heterocycles. The largest absolute Gasteiger partial charge is 0.508 e. The highest BCUT2D eigenvalue weighted by Gasteiger charge is 2.67. The number of hydrogen-bond donors (Lipinski definition) is 1. The number of nitrogens with zero attached hydrogens (tertiary/aromatic N) is 2. The molecule has 2 heterocycles. The number of hydrogen-bond acceptors (Lipinski definition) is 6. The predicted octanol–water partition coefficient (Wildman–Crippen LogP) is 5.14. The molecular formula is C31H34Cl2N2O5. The summed E-state index contributed by atoms with van der Waals surface area (Å²) >= 11 is 12.3. The first-order chi connectivity index (χ1) is 19.2. The van der Waals surface area contributed by atoms with Gasteiger partial charge in [0.2, 0.25) is 5.91 Å². The zero-order valence-corrected chi connectivity index (χ0v) is 24.3. The predicted molar refractivity (Wildman–Crippen MR) is 151 cm³/mol. The Balaban J connectivity index is 1.27. The van der Waals surface area contributed by atoms with Crippen molar-refractivity contribution in [2.75, 3.05) is 20.1 Å². The third-order valence-electron chi connectivity index (χ3n) is 10.2. The van der Waals surface area contributed by atoms with E-state index in [0.717, 1.165) is 61.4 Å². The fourth-order valence-electron chi connectivity index (χ4n) is 8.27. The average Bonchev–Trinajstić information content (AvgIpc) is 3.66. The topological polar surface area (TPSA) is 79.3 Å². The number of piperidine rings is 1. The van der Waals surface area contributed by atoms with E-state index in [4.69, 9.17) is 32.7 Å². The second-order valence-corrected chi connectivity index (χ2v) is 13.2. The van der Waals surface area contributed by atoms with E-state index in [-0.39, 0.29) is 41.4 Å². The molecule has 5 aliphatic rings. The maximum Gasteiger partial charge on any atom is 0.308 e. The number of phenolic OH excluding ortho intramolecular Hbond substituents is 1. The lowest BCUT2D eigenvalue weighted by Gasteiger charge is -2.60. The summed E-state index contributed by atoms with van der Waals surface area (Å²) < 4.78 is 12.4. The molecule has 7 rings (SSSR count). The molecule has 2 aromatic carbocycles. The number of carbonyl (C=O) groups excluding carboxylic acids is 2. The van der Waals surface area contributed by atoms with Crippen LogP contribution >= 0.6 is 23.2 Å². The Morgan fingerprint density at radius 3 is 2.70 bits per heavy atom. The van der Waals surface area contributed by atoms with Crippen LogP contribution in [0.3, 0.4) is 0 Å². The third kappa shape index (κ3) is 4.03. The van der Waals surface area contributed by atoms with Gasteiger partial charge in [-0.3, -0.25) is 14.5 Å². The van der Waals surface area contributed by atoms with Gasteiger partial charge >= 0.3 is 5.97 Å². The summed E-state index contributed by atoms with van der Waals surface area (Å²) in [5, 5.41) is 12.1. The Bertz CT molecular complexity index is 1410. The zero-order chi connectivity index (χ0) is 27.9. The molecule has 1 N–H and O–H groups in total. The molecule has 1 spiro atoms. The molecule has 3 fully saturated rings. The van der Waals surface area contributed by atoms with Gasteiger partial charge in [-0.2, -0.15) is 0 Å². The van der Waals surface area contributed by atoms with Crippen molar-refractivity contribution in [2.24, 2.45) is 11.8 Å². The van der Waals surface area contributed by atoms with Gasteiger partial charge in [0, 0.05) is 49.2 Å². The molecule has 212 valence electrons. The molecule has 7 nitrogen and oxygen atoms in total. The average molecular weight is 586 g/mol. The van der Waals surface area contributed by atoms with Crippen molar-refractivity contribution in [1.29, 1.82) is 0 Å². The smallest absolute Gasteiger partial charge is 0.308 e. The highest BCUT2D eigenvalue weighted by atomic mass is 35.5. The van der Waals surface area contributed by atoms with Crippen LogP contribution in [0.1, 0.15) is 55.7 Å². The number of likely N-dealkylation sites (N-methyl/N-ethyl adjacent to an activating group) is 1. The fraction of sp³-hybridized carbons (Fsp3) is 0.548. The van der Waals surface area contributed by atoms with Crippen molar-refractivity contribution in [1.82, 2.24) is 9.80 Å². The lowest BCUT2D eigenvalue weighted by Crippen LogP contribution is -2.69. The van der Waals surface area contributed by atoms with Crippen molar-refractivity contribution in [3.63, 3.8) is 0 Å². The van der Waals surface area contributed by atoms with Gasteiger partial charge < -0.3 is 19.5 Å². The van der Waals surface area contributed by atoms with Crippen molar-refractivity contribution >= 4 is 35.1 Å². The van der Waals surface area contributed by atoms with E-state index in [0.29, 0.717) is 27.8 Å². The van der Waals surface area contributed by atoms with Crippen molar-refractivity contribution < 1.29 is 24.2 Å². The summed E-state index contributed by atoms with van der Waals surface area (Å²) in [6.45, 7) is 3.43. The molecule has 9 heteroatoms. The van der Waals surface area contributed by atoms with E-state index in [1.54, 1.807) is 18.2 Å². The van der Waals surface area contributed by atoms with Gasteiger partial charge in [-0.15, -0.1) is 0 Å². The van der Waals surface area contributed by atoms with Crippen LogP contribution in [0.2, 0.25) is 10.0 Å². The van der Waals surface area contributed by atoms with E-state index in [1.165, 1.54) is 19.8 Å². The molecule has 2 bridgehead atoms. The number of halogens is 2. The molecule has 40 heavy (non-hydrogen) atoms. The van der Waals surface area contributed by atoms with E-state index in [2.05, 4.69) is 4.90 Å².